The third-order valence-corrected chi connectivity index (χ3v) is 9.60. The van der Waals surface area contributed by atoms with Gasteiger partial charge < -0.3 is 9.05 Å². The molecule has 9 heteroatoms. The van der Waals surface area contributed by atoms with E-state index in [0.717, 1.165) is 30.4 Å². The van der Waals surface area contributed by atoms with Crippen LogP contribution in [-0.4, -0.2) is 38.7 Å². The molecule has 0 amide bonds. The Bertz CT molecular complexity index is 1120. The topological polar surface area (TPSA) is 99.6 Å². The summed E-state index contributed by atoms with van der Waals surface area (Å²) < 4.78 is 47.2. The highest BCUT2D eigenvalue weighted by atomic mass is 32.2. The predicted octanol–water partition coefficient (Wildman–Crippen LogP) is 6.36. The highest BCUT2D eigenvalue weighted by Gasteiger charge is 2.28. The van der Waals surface area contributed by atoms with Crippen LogP contribution in [0.1, 0.15) is 76.1 Å². The maximum absolute atomic E-state index is 13.4. The fourth-order valence-electron chi connectivity index (χ4n) is 4.68. The Morgan fingerprint density at radius 1 is 1.06 bits per heavy atom. The van der Waals surface area contributed by atoms with Crippen LogP contribution in [0.3, 0.4) is 0 Å². The highest BCUT2D eigenvalue weighted by Crippen LogP contribution is 2.51. The smallest absolute Gasteiger partial charge is 0.309 e. The third-order valence-electron chi connectivity index (χ3n) is 6.41. The molecule has 3 rings (SSSR count). The molecule has 1 aromatic carbocycles. The van der Waals surface area contributed by atoms with Gasteiger partial charge in [-0.05, 0) is 55.5 Å². The van der Waals surface area contributed by atoms with Gasteiger partial charge in [0.25, 0.3) is 0 Å². The molecule has 36 heavy (non-hydrogen) atoms. The van der Waals surface area contributed by atoms with E-state index in [4.69, 9.17) is 9.05 Å². The van der Waals surface area contributed by atoms with Crippen LogP contribution >= 0.6 is 7.60 Å². The second-order valence-corrected chi connectivity index (χ2v) is 13.3. The molecule has 2 aromatic rings. The van der Waals surface area contributed by atoms with Crippen LogP contribution in [0.25, 0.3) is 0 Å². The van der Waals surface area contributed by atoms with Gasteiger partial charge in [-0.2, -0.15) is 0 Å². The summed E-state index contributed by atoms with van der Waals surface area (Å²) >= 11 is 0. The molecule has 1 heterocycles. The van der Waals surface area contributed by atoms with Gasteiger partial charge in [0.2, 0.25) is 0 Å². The molecular formula is C27H40NO6PS. The van der Waals surface area contributed by atoms with Crippen molar-refractivity contribution in [2.75, 3.05) is 19.5 Å². The highest BCUT2D eigenvalue weighted by molar-refractivity contribution is 7.90. The monoisotopic (exact) mass is 537 g/mol. The Morgan fingerprint density at radius 2 is 1.67 bits per heavy atom. The molecule has 0 bridgehead atoms. The Balaban J connectivity index is 0.00000456. The van der Waals surface area contributed by atoms with Crippen molar-refractivity contribution in [3.8, 4) is 0 Å². The molecule has 1 fully saturated rings. The van der Waals surface area contributed by atoms with Gasteiger partial charge in [0.05, 0.1) is 24.3 Å². The fourth-order valence-corrected chi connectivity index (χ4v) is 6.99. The molecule has 0 aliphatic heterocycles. The van der Waals surface area contributed by atoms with Crippen molar-refractivity contribution in [2.45, 2.75) is 76.8 Å². The lowest BCUT2D eigenvalue weighted by Crippen LogP contribution is -2.18. The molecule has 1 aliphatic carbocycles. The molecule has 7 nitrogen and oxygen atoms in total. The largest absolute Gasteiger partial charge is 0.335 e. The van der Waals surface area contributed by atoms with E-state index in [1.807, 2.05) is 6.07 Å². The second kappa shape index (κ2) is 13.6. The fraction of sp³-hybridized carbons (Fsp3) is 0.556. The van der Waals surface area contributed by atoms with E-state index in [1.165, 1.54) is 19.1 Å². The van der Waals surface area contributed by atoms with Gasteiger partial charge in [-0.1, -0.05) is 51.3 Å². The van der Waals surface area contributed by atoms with Crippen molar-refractivity contribution < 1.29 is 26.8 Å². The zero-order chi connectivity index (χ0) is 25.5. The molecule has 0 N–H and O–H groups in total. The number of sulfone groups is 1. The predicted molar refractivity (Wildman–Crippen MR) is 143 cm³/mol. The number of carbonyl (C=O) groups is 1. The van der Waals surface area contributed by atoms with E-state index in [1.54, 1.807) is 50.4 Å². The molecule has 0 unspecified atom stereocenters. The molecule has 0 radical (unpaired) electrons. The van der Waals surface area contributed by atoms with Gasteiger partial charge in [0, 0.05) is 30.5 Å². The summed E-state index contributed by atoms with van der Waals surface area (Å²) in [4.78, 5) is 18.1. The van der Waals surface area contributed by atoms with Crippen molar-refractivity contribution in [1.29, 1.82) is 0 Å². The van der Waals surface area contributed by atoms with Crippen LogP contribution in [0.5, 0.6) is 0 Å². The number of aromatic nitrogens is 1. The van der Waals surface area contributed by atoms with Crippen molar-refractivity contribution >= 4 is 23.2 Å². The number of pyridine rings is 1. The molecule has 1 aliphatic rings. The van der Waals surface area contributed by atoms with Crippen LogP contribution < -0.4 is 0 Å². The SMILES string of the molecule is C.CCOP(=O)(Cc1ccc(CC(=O)[C@H](CC2CCCC2)c2ccc(S(C)(=O)=O)cc2)nc1)OCC. The minimum atomic E-state index is -3.29. The Kier molecular flexibility index (Phi) is 11.5. The molecule has 0 saturated heterocycles. The number of hydrogen-bond acceptors (Lipinski definition) is 7. The van der Waals surface area contributed by atoms with Gasteiger partial charge in [-0.25, -0.2) is 8.42 Å². The van der Waals surface area contributed by atoms with E-state index in [0.29, 0.717) is 24.8 Å². The van der Waals surface area contributed by atoms with Crippen LogP contribution in [0.2, 0.25) is 0 Å². The van der Waals surface area contributed by atoms with E-state index >= 15 is 0 Å². The standard InChI is InChI=1S/C26H36NO6PS.CH4/c1-4-32-34(29,33-5-2)19-21-10-13-23(27-18-21)17-26(28)25(16-20-8-6-7-9-20)22-11-14-24(15-12-22)35(3,30)31;/h10-15,18,20,25H,4-9,16-17,19H2,1-3H3;1H4/t25-;/m1./s1. The van der Waals surface area contributed by atoms with Crippen molar-refractivity contribution in [3.05, 3.63) is 59.4 Å². The number of benzene rings is 1. The van der Waals surface area contributed by atoms with E-state index < -0.39 is 17.4 Å². The van der Waals surface area contributed by atoms with Crippen molar-refractivity contribution in [1.82, 2.24) is 4.98 Å². The summed E-state index contributed by atoms with van der Waals surface area (Å²) in [6, 6.07) is 10.3. The Hall–Kier alpha value is -1.86. The average molecular weight is 538 g/mol. The molecule has 1 atom stereocenters. The van der Waals surface area contributed by atoms with Gasteiger partial charge in [0.1, 0.15) is 5.78 Å². The summed E-state index contributed by atoms with van der Waals surface area (Å²) in [6.07, 6.45) is 8.51. The number of hydrogen-bond donors (Lipinski definition) is 0. The Morgan fingerprint density at radius 3 is 2.17 bits per heavy atom. The van der Waals surface area contributed by atoms with Gasteiger partial charge in [0.15, 0.2) is 9.84 Å². The summed E-state index contributed by atoms with van der Waals surface area (Å²) in [5.74, 6) is 0.267. The first-order chi connectivity index (χ1) is 16.6. The maximum Gasteiger partial charge on any atom is 0.335 e. The zero-order valence-electron chi connectivity index (χ0n) is 20.8. The quantitative estimate of drug-likeness (QED) is 0.274. The summed E-state index contributed by atoms with van der Waals surface area (Å²) in [6.45, 7) is 4.14. The first-order valence-electron chi connectivity index (χ1n) is 12.3. The summed E-state index contributed by atoms with van der Waals surface area (Å²) in [7, 11) is -6.52. The first-order valence-corrected chi connectivity index (χ1v) is 15.9. The lowest BCUT2D eigenvalue weighted by Gasteiger charge is -2.20. The number of Topliss-reactive ketones (excluding diaryl/α,β-unsaturated/α-hetero) is 1. The number of rotatable bonds is 13. The molecule has 200 valence electrons. The number of nitrogens with zero attached hydrogens (tertiary/aromatic N) is 1. The van der Waals surface area contributed by atoms with Gasteiger partial charge in [-0.15, -0.1) is 0 Å². The van der Waals surface area contributed by atoms with E-state index in [9.17, 15) is 17.8 Å². The average Bonchev–Trinajstić information content (AvgIpc) is 3.32. The lowest BCUT2D eigenvalue weighted by atomic mass is 9.83. The normalized spacial score (nSPS) is 15.4. The molecular weight excluding hydrogens is 497 g/mol. The summed E-state index contributed by atoms with van der Waals surface area (Å²) in [5, 5.41) is 0. The molecule has 0 spiro atoms. The molecule has 1 saturated carbocycles. The second-order valence-electron chi connectivity index (χ2n) is 9.19. The van der Waals surface area contributed by atoms with Crippen molar-refractivity contribution in [3.63, 3.8) is 0 Å². The van der Waals surface area contributed by atoms with Crippen LogP contribution in [0, 0.1) is 5.92 Å². The van der Waals surface area contributed by atoms with Crippen LogP contribution in [0.15, 0.2) is 47.5 Å². The Labute approximate surface area is 216 Å². The van der Waals surface area contributed by atoms with Crippen LogP contribution in [0.4, 0.5) is 0 Å². The molecule has 1 aromatic heterocycles. The third kappa shape index (κ3) is 8.62. The first kappa shape index (κ1) is 30.4. The minimum absolute atomic E-state index is 0. The minimum Gasteiger partial charge on any atom is -0.309 e. The lowest BCUT2D eigenvalue weighted by molar-refractivity contribution is -0.120. The van der Waals surface area contributed by atoms with Gasteiger partial charge in [-0.3, -0.25) is 14.3 Å². The van der Waals surface area contributed by atoms with Crippen molar-refractivity contribution in [2.24, 2.45) is 5.92 Å². The summed E-state index contributed by atoms with van der Waals surface area (Å²) in [5.41, 5.74) is 2.22. The number of ketones is 1. The van der Waals surface area contributed by atoms with E-state index in [-0.39, 0.29) is 36.6 Å². The van der Waals surface area contributed by atoms with Gasteiger partial charge >= 0.3 is 7.60 Å². The number of carbonyl (C=O) groups excluding carboxylic acids is 1. The van der Waals surface area contributed by atoms with Crippen LogP contribution in [-0.2, 0) is 40.8 Å². The van der Waals surface area contributed by atoms with E-state index in [2.05, 4.69) is 4.98 Å². The zero-order valence-corrected chi connectivity index (χ0v) is 22.5. The maximum atomic E-state index is 13.4.